The van der Waals surface area contributed by atoms with E-state index in [-0.39, 0.29) is 5.78 Å². The zero-order valence-corrected chi connectivity index (χ0v) is 16.3. The molecule has 0 amide bonds. The second-order valence-corrected chi connectivity index (χ2v) is 8.33. The Balaban J connectivity index is 1.73. The molecular formula is C25H24OS. The second-order valence-electron chi connectivity index (χ2n) is 7.27. The van der Waals surface area contributed by atoms with E-state index in [4.69, 9.17) is 0 Å². The summed E-state index contributed by atoms with van der Waals surface area (Å²) in [6.45, 7) is 4.20. The van der Waals surface area contributed by atoms with Crippen molar-refractivity contribution in [1.82, 2.24) is 0 Å². The summed E-state index contributed by atoms with van der Waals surface area (Å²) in [7, 11) is 0. The van der Waals surface area contributed by atoms with Crippen LogP contribution in [0.4, 0.5) is 0 Å². The fourth-order valence-corrected chi connectivity index (χ4v) is 5.09. The second kappa shape index (κ2) is 8.06. The topological polar surface area (TPSA) is 17.1 Å². The number of thiophene rings is 1. The third-order valence-electron chi connectivity index (χ3n) is 5.47. The zero-order chi connectivity index (χ0) is 18.6. The van der Waals surface area contributed by atoms with Gasteiger partial charge in [0, 0.05) is 10.4 Å². The molecule has 0 unspecified atom stereocenters. The molecule has 1 heterocycles. The van der Waals surface area contributed by atoms with E-state index in [1.165, 1.54) is 19.3 Å². The summed E-state index contributed by atoms with van der Waals surface area (Å²) in [4.78, 5) is 15.1. The molecule has 1 aliphatic carbocycles. The van der Waals surface area contributed by atoms with Crippen molar-refractivity contribution < 1.29 is 4.79 Å². The number of hydrogen-bond acceptors (Lipinski definition) is 2. The largest absolute Gasteiger partial charge is 0.288 e. The number of carbonyl (C=O) groups excluding carboxylic acids is 1. The van der Waals surface area contributed by atoms with Gasteiger partial charge in [-0.1, -0.05) is 86.5 Å². The number of Topliss-reactive ketones (excluding diaryl/α,β-unsaturated/α-hetero) is 1. The average molecular weight is 373 g/mol. The highest BCUT2D eigenvalue weighted by Crippen LogP contribution is 2.41. The van der Waals surface area contributed by atoms with Gasteiger partial charge >= 0.3 is 0 Å². The number of ketones is 1. The predicted octanol–water partition coefficient (Wildman–Crippen LogP) is 7.40. The van der Waals surface area contributed by atoms with Crippen LogP contribution in [0.1, 0.15) is 41.8 Å². The minimum Gasteiger partial charge on any atom is -0.288 e. The highest BCUT2D eigenvalue weighted by Gasteiger charge is 2.25. The normalized spacial score (nSPS) is 14.8. The lowest BCUT2D eigenvalue weighted by Crippen LogP contribution is -2.14. The van der Waals surface area contributed by atoms with Crippen molar-refractivity contribution in [2.45, 2.75) is 32.1 Å². The van der Waals surface area contributed by atoms with Crippen LogP contribution in [0.3, 0.4) is 0 Å². The molecule has 0 saturated heterocycles. The molecule has 2 aromatic carbocycles. The van der Waals surface area contributed by atoms with Crippen LogP contribution in [0.2, 0.25) is 0 Å². The minimum atomic E-state index is 0.131. The molecule has 0 spiro atoms. The molecule has 1 nitrogen and oxygen atoms in total. The molecule has 1 aliphatic rings. The molecule has 3 aromatic rings. The molecular weight excluding hydrogens is 348 g/mol. The van der Waals surface area contributed by atoms with Crippen molar-refractivity contribution in [2.75, 3.05) is 0 Å². The third kappa shape index (κ3) is 3.81. The maximum atomic E-state index is 13.2. The van der Waals surface area contributed by atoms with Crippen LogP contribution in [0.25, 0.3) is 21.6 Å². The smallest absolute Gasteiger partial charge is 0.198 e. The Morgan fingerprint density at radius 2 is 1.44 bits per heavy atom. The van der Waals surface area contributed by atoms with Gasteiger partial charge < -0.3 is 0 Å². The van der Waals surface area contributed by atoms with Gasteiger partial charge in [0.1, 0.15) is 0 Å². The minimum absolute atomic E-state index is 0.131. The van der Waals surface area contributed by atoms with E-state index in [2.05, 4.69) is 36.9 Å². The lowest BCUT2D eigenvalue weighted by atomic mass is 9.82. The summed E-state index contributed by atoms with van der Waals surface area (Å²) < 4.78 is 0. The maximum Gasteiger partial charge on any atom is 0.198 e. The summed E-state index contributed by atoms with van der Waals surface area (Å²) >= 11 is 1.60. The Morgan fingerprint density at radius 1 is 0.852 bits per heavy atom. The fourth-order valence-electron chi connectivity index (χ4n) is 3.93. The van der Waals surface area contributed by atoms with Crippen LogP contribution in [0.15, 0.2) is 78.9 Å². The summed E-state index contributed by atoms with van der Waals surface area (Å²) in [5.74, 6) is 0.486. The van der Waals surface area contributed by atoms with Crippen LogP contribution < -0.4 is 0 Å². The number of allylic oxidation sites excluding steroid dienone is 1. The monoisotopic (exact) mass is 372 g/mol. The molecule has 1 fully saturated rings. The Morgan fingerprint density at radius 3 is 2.07 bits per heavy atom. The van der Waals surface area contributed by atoms with Crippen molar-refractivity contribution in [1.29, 1.82) is 0 Å². The highest BCUT2D eigenvalue weighted by atomic mass is 32.1. The van der Waals surface area contributed by atoms with Gasteiger partial charge in [-0.3, -0.25) is 4.79 Å². The van der Waals surface area contributed by atoms with Crippen LogP contribution in [0, 0.1) is 5.92 Å². The van der Waals surface area contributed by atoms with E-state index < -0.39 is 0 Å². The molecule has 1 saturated carbocycles. The molecule has 1 aromatic heterocycles. The summed E-state index contributed by atoms with van der Waals surface area (Å²) in [5, 5.41) is 0. The number of benzene rings is 2. The summed E-state index contributed by atoms with van der Waals surface area (Å²) in [6.07, 6.45) is 5.92. The molecule has 4 rings (SSSR count). The molecule has 0 atom stereocenters. The molecule has 0 N–H and O–H groups in total. The first-order chi connectivity index (χ1) is 13.2. The number of hydrogen-bond donors (Lipinski definition) is 0. The number of carbonyl (C=O) groups is 1. The molecule has 0 aliphatic heterocycles. The van der Waals surface area contributed by atoms with Gasteiger partial charge in [0.25, 0.3) is 0 Å². The van der Waals surface area contributed by atoms with Crippen molar-refractivity contribution >= 4 is 17.1 Å². The molecule has 2 heteroatoms. The Bertz CT molecular complexity index is 874. The van der Waals surface area contributed by atoms with Gasteiger partial charge in [-0.15, -0.1) is 11.3 Å². The van der Waals surface area contributed by atoms with E-state index in [1.807, 2.05) is 36.4 Å². The van der Waals surface area contributed by atoms with Gasteiger partial charge in [0.2, 0.25) is 0 Å². The number of rotatable bonds is 5. The van der Waals surface area contributed by atoms with Crippen molar-refractivity contribution in [2.24, 2.45) is 5.92 Å². The molecule has 136 valence electrons. The van der Waals surface area contributed by atoms with Gasteiger partial charge in [0.05, 0.1) is 4.88 Å². The van der Waals surface area contributed by atoms with E-state index in [1.54, 1.807) is 11.3 Å². The molecule has 0 bridgehead atoms. The van der Waals surface area contributed by atoms with E-state index in [0.717, 1.165) is 44.9 Å². The average Bonchev–Trinajstić information content (AvgIpc) is 3.20. The predicted molar refractivity (Wildman–Crippen MR) is 115 cm³/mol. The molecule has 0 radical (unpaired) electrons. The zero-order valence-electron chi connectivity index (χ0n) is 15.5. The van der Waals surface area contributed by atoms with Gasteiger partial charge in [-0.2, -0.15) is 0 Å². The van der Waals surface area contributed by atoms with Crippen LogP contribution in [-0.2, 0) is 0 Å². The van der Waals surface area contributed by atoms with Gasteiger partial charge in [-0.05, 0) is 41.5 Å². The van der Waals surface area contributed by atoms with Crippen LogP contribution >= 0.6 is 11.3 Å². The first-order valence-electron chi connectivity index (χ1n) is 9.72. The first-order valence-corrected chi connectivity index (χ1v) is 10.5. The highest BCUT2D eigenvalue weighted by molar-refractivity contribution is 7.18. The van der Waals surface area contributed by atoms with Crippen molar-refractivity contribution in [3.63, 3.8) is 0 Å². The standard InChI is InChI=1S/C25H24OS/c1-18(19-11-5-2-6-12-19)24(26)23-17-22(20-13-7-3-8-14-20)25(27-23)21-15-9-4-10-16-21/h3-4,7-10,13-17,19H,1-2,5-6,11-12H2. The first kappa shape index (κ1) is 17.9. The van der Waals surface area contributed by atoms with Crippen molar-refractivity contribution in [3.05, 3.63) is 83.8 Å². The summed E-state index contributed by atoms with van der Waals surface area (Å²) in [6, 6.07) is 22.7. The van der Waals surface area contributed by atoms with Crippen LogP contribution in [-0.4, -0.2) is 5.78 Å². The van der Waals surface area contributed by atoms with Gasteiger partial charge in [-0.25, -0.2) is 0 Å². The summed E-state index contributed by atoms with van der Waals surface area (Å²) in [5.41, 5.74) is 4.24. The Labute approximate surface area is 165 Å². The third-order valence-corrected chi connectivity index (χ3v) is 6.65. The lowest BCUT2D eigenvalue weighted by molar-refractivity contribution is 0.102. The van der Waals surface area contributed by atoms with Crippen LogP contribution in [0.5, 0.6) is 0 Å². The van der Waals surface area contributed by atoms with Gasteiger partial charge in [0.15, 0.2) is 5.78 Å². The quantitative estimate of drug-likeness (QED) is 0.337. The Hall–Kier alpha value is -2.45. The fraction of sp³-hybridized carbons (Fsp3) is 0.240. The van der Waals surface area contributed by atoms with E-state index in [9.17, 15) is 4.79 Å². The Kier molecular flexibility index (Phi) is 5.35. The molecule has 27 heavy (non-hydrogen) atoms. The van der Waals surface area contributed by atoms with Crippen molar-refractivity contribution in [3.8, 4) is 21.6 Å². The van der Waals surface area contributed by atoms with E-state index in [0.29, 0.717) is 5.92 Å². The SMILES string of the molecule is C=C(C(=O)c1cc(-c2ccccc2)c(-c2ccccc2)s1)C1CCCCC1. The van der Waals surface area contributed by atoms with E-state index >= 15 is 0 Å². The lowest BCUT2D eigenvalue weighted by Gasteiger charge is -2.22. The maximum absolute atomic E-state index is 13.2.